The Balaban J connectivity index is 1.66. The van der Waals surface area contributed by atoms with Crippen LogP contribution >= 0.6 is 0 Å². The van der Waals surface area contributed by atoms with Crippen molar-refractivity contribution in [1.29, 1.82) is 0 Å². The molecule has 0 heterocycles. The topological polar surface area (TPSA) is 41.5 Å². The number of hydrogen-bond donors (Lipinski definition) is 2. The molecule has 3 heteroatoms. The minimum absolute atomic E-state index is 0.341. The molecule has 0 spiro atoms. The summed E-state index contributed by atoms with van der Waals surface area (Å²) in [6.45, 7) is 5.20. The number of aliphatic hydroxyl groups is 1. The largest absolute Gasteiger partial charge is 0.491 e. The molecule has 2 atom stereocenters. The Morgan fingerprint density at radius 2 is 2.10 bits per heavy atom. The average molecular weight is 277 g/mol. The van der Waals surface area contributed by atoms with Crippen molar-refractivity contribution in [3.63, 3.8) is 0 Å². The minimum atomic E-state index is -0.459. The van der Waals surface area contributed by atoms with Gasteiger partial charge in [-0.05, 0) is 50.3 Å². The third kappa shape index (κ3) is 4.80. The van der Waals surface area contributed by atoms with E-state index in [2.05, 4.69) is 12.2 Å². The summed E-state index contributed by atoms with van der Waals surface area (Å²) in [7, 11) is 0. The summed E-state index contributed by atoms with van der Waals surface area (Å²) in [6, 6.07) is 8.41. The maximum Gasteiger partial charge on any atom is 0.119 e. The van der Waals surface area contributed by atoms with E-state index in [0.29, 0.717) is 19.2 Å². The van der Waals surface area contributed by atoms with Gasteiger partial charge >= 0.3 is 0 Å². The summed E-state index contributed by atoms with van der Waals surface area (Å²) in [5, 5.41) is 13.4. The summed E-state index contributed by atoms with van der Waals surface area (Å²) in [5.41, 5.74) is 1.17. The van der Waals surface area contributed by atoms with Gasteiger partial charge in [-0.2, -0.15) is 0 Å². The SMILES string of the molecule is Cc1cccc(OCC(O)CN[C@@H](C)C2CCCC2)c1. The molecule has 0 saturated heterocycles. The van der Waals surface area contributed by atoms with Crippen molar-refractivity contribution in [3.05, 3.63) is 29.8 Å². The Hall–Kier alpha value is -1.06. The van der Waals surface area contributed by atoms with Gasteiger partial charge in [-0.25, -0.2) is 0 Å². The van der Waals surface area contributed by atoms with Crippen LogP contribution in [0.2, 0.25) is 0 Å². The highest BCUT2D eigenvalue weighted by molar-refractivity contribution is 5.27. The molecule has 1 unspecified atom stereocenters. The van der Waals surface area contributed by atoms with Crippen LogP contribution in [-0.4, -0.2) is 30.4 Å². The summed E-state index contributed by atoms with van der Waals surface area (Å²) in [5.74, 6) is 1.60. The molecule has 1 aromatic carbocycles. The van der Waals surface area contributed by atoms with Gasteiger partial charge in [0, 0.05) is 12.6 Å². The molecule has 0 bridgehead atoms. The van der Waals surface area contributed by atoms with E-state index in [1.165, 1.54) is 31.2 Å². The first-order chi connectivity index (χ1) is 9.65. The summed E-state index contributed by atoms with van der Waals surface area (Å²) in [4.78, 5) is 0. The van der Waals surface area contributed by atoms with Gasteiger partial charge < -0.3 is 15.2 Å². The van der Waals surface area contributed by atoms with Crippen LogP contribution in [0.3, 0.4) is 0 Å². The third-order valence-electron chi connectivity index (χ3n) is 4.21. The zero-order valence-corrected chi connectivity index (χ0v) is 12.6. The molecule has 1 saturated carbocycles. The van der Waals surface area contributed by atoms with E-state index in [4.69, 9.17) is 4.74 Å². The molecule has 1 aliphatic rings. The molecule has 0 aromatic heterocycles. The van der Waals surface area contributed by atoms with Gasteiger partial charge in [-0.15, -0.1) is 0 Å². The third-order valence-corrected chi connectivity index (χ3v) is 4.21. The van der Waals surface area contributed by atoms with Gasteiger partial charge in [0.15, 0.2) is 0 Å². The molecule has 0 aliphatic heterocycles. The molecule has 0 amide bonds. The van der Waals surface area contributed by atoms with Crippen molar-refractivity contribution in [2.45, 2.75) is 51.7 Å². The zero-order chi connectivity index (χ0) is 14.4. The Morgan fingerprint density at radius 1 is 1.35 bits per heavy atom. The average Bonchev–Trinajstić information content (AvgIpc) is 2.97. The van der Waals surface area contributed by atoms with E-state index in [1.54, 1.807) is 0 Å². The fourth-order valence-electron chi connectivity index (χ4n) is 2.90. The highest BCUT2D eigenvalue weighted by Gasteiger charge is 2.21. The van der Waals surface area contributed by atoms with Gasteiger partial charge in [-0.1, -0.05) is 25.0 Å². The highest BCUT2D eigenvalue weighted by Crippen LogP contribution is 2.27. The molecule has 112 valence electrons. The first kappa shape index (κ1) is 15.3. The maximum absolute atomic E-state index is 9.98. The lowest BCUT2D eigenvalue weighted by Crippen LogP contribution is -2.39. The second-order valence-corrected chi connectivity index (χ2v) is 6.02. The second-order valence-electron chi connectivity index (χ2n) is 6.02. The van der Waals surface area contributed by atoms with Crippen molar-refractivity contribution < 1.29 is 9.84 Å². The van der Waals surface area contributed by atoms with Crippen molar-refractivity contribution in [1.82, 2.24) is 5.32 Å². The number of nitrogens with one attached hydrogen (secondary N) is 1. The molecule has 2 N–H and O–H groups in total. The smallest absolute Gasteiger partial charge is 0.119 e. The molecule has 2 rings (SSSR count). The Labute approximate surface area is 122 Å². The summed E-state index contributed by atoms with van der Waals surface area (Å²) >= 11 is 0. The highest BCUT2D eigenvalue weighted by atomic mass is 16.5. The molecule has 1 aliphatic carbocycles. The number of aliphatic hydroxyl groups excluding tert-OH is 1. The predicted molar refractivity (Wildman–Crippen MR) is 82.1 cm³/mol. The predicted octanol–water partition coefficient (Wildman–Crippen LogP) is 2.90. The molecule has 3 nitrogen and oxygen atoms in total. The van der Waals surface area contributed by atoms with Gasteiger partial charge in [0.1, 0.15) is 18.5 Å². The fraction of sp³-hybridized carbons (Fsp3) is 0.647. The summed E-state index contributed by atoms with van der Waals surface area (Å²) in [6.07, 6.45) is 4.90. The number of ether oxygens (including phenoxy) is 1. The van der Waals surface area contributed by atoms with Crippen LogP contribution in [0.4, 0.5) is 0 Å². The van der Waals surface area contributed by atoms with Gasteiger partial charge in [0.05, 0.1) is 0 Å². The standard InChI is InChI=1S/C17H27NO2/c1-13-6-5-9-17(10-13)20-12-16(19)11-18-14(2)15-7-3-4-8-15/h5-6,9-10,14-16,18-19H,3-4,7-8,11-12H2,1-2H3/t14-,16?/m0/s1. The lowest BCUT2D eigenvalue weighted by molar-refractivity contribution is 0.102. The molecule has 0 radical (unpaired) electrons. The number of rotatable bonds is 7. The van der Waals surface area contributed by atoms with Gasteiger partial charge in [0.25, 0.3) is 0 Å². The van der Waals surface area contributed by atoms with Crippen molar-refractivity contribution in [3.8, 4) is 5.75 Å². The molecular weight excluding hydrogens is 250 g/mol. The van der Waals surface area contributed by atoms with E-state index in [0.717, 1.165) is 11.7 Å². The first-order valence-electron chi connectivity index (χ1n) is 7.76. The van der Waals surface area contributed by atoms with Crippen LogP contribution in [0.25, 0.3) is 0 Å². The van der Waals surface area contributed by atoms with Crippen molar-refractivity contribution in [2.24, 2.45) is 5.92 Å². The van der Waals surface area contributed by atoms with Crippen LogP contribution in [-0.2, 0) is 0 Å². The molecule has 20 heavy (non-hydrogen) atoms. The molecule has 1 fully saturated rings. The van der Waals surface area contributed by atoms with Crippen LogP contribution in [0.1, 0.15) is 38.2 Å². The number of hydrogen-bond acceptors (Lipinski definition) is 3. The summed E-state index contributed by atoms with van der Waals surface area (Å²) < 4.78 is 5.62. The van der Waals surface area contributed by atoms with Crippen LogP contribution < -0.4 is 10.1 Å². The zero-order valence-electron chi connectivity index (χ0n) is 12.6. The van der Waals surface area contributed by atoms with E-state index in [9.17, 15) is 5.11 Å². The van der Waals surface area contributed by atoms with Crippen molar-refractivity contribution in [2.75, 3.05) is 13.2 Å². The molecule has 1 aromatic rings. The molecular formula is C17H27NO2. The van der Waals surface area contributed by atoms with Crippen LogP contribution in [0.15, 0.2) is 24.3 Å². The minimum Gasteiger partial charge on any atom is -0.491 e. The normalized spacial score (nSPS) is 18.9. The van der Waals surface area contributed by atoms with E-state index in [1.807, 2.05) is 31.2 Å². The van der Waals surface area contributed by atoms with E-state index in [-0.39, 0.29) is 0 Å². The number of benzene rings is 1. The van der Waals surface area contributed by atoms with Gasteiger partial charge in [-0.3, -0.25) is 0 Å². The lowest BCUT2D eigenvalue weighted by atomic mass is 10.00. The second kappa shape index (κ2) is 7.65. The Morgan fingerprint density at radius 3 is 2.80 bits per heavy atom. The van der Waals surface area contributed by atoms with E-state index < -0.39 is 6.10 Å². The maximum atomic E-state index is 9.98. The monoisotopic (exact) mass is 277 g/mol. The Kier molecular flexibility index (Phi) is 5.86. The quantitative estimate of drug-likeness (QED) is 0.805. The lowest BCUT2D eigenvalue weighted by Gasteiger charge is -2.22. The Bertz CT molecular complexity index is 402. The first-order valence-corrected chi connectivity index (χ1v) is 7.76. The van der Waals surface area contributed by atoms with E-state index >= 15 is 0 Å². The van der Waals surface area contributed by atoms with Crippen LogP contribution in [0.5, 0.6) is 5.75 Å². The van der Waals surface area contributed by atoms with Crippen LogP contribution in [0, 0.1) is 12.8 Å². The van der Waals surface area contributed by atoms with Crippen molar-refractivity contribution >= 4 is 0 Å². The fourth-order valence-corrected chi connectivity index (χ4v) is 2.90. The number of aryl methyl sites for hydroxylation is 1. The van der Waals surface area contributed by atoms with Gasteiger partial charge in [0.2, 0.25) is 0 Å².